The van der Waals surface area contributed by atoms with Crippen LogP contribution in [0.1, 0.15) is 38.8 Å². The quantitative estimate of drug-likeness (QED) is 0.847. The van der Waals surface area contributed by atoms with Gasteiger partial charge in [-0.25, -0.2) is 13.6 Å². The van der Waals surface area contributed by atoms with Gasteiger partial charge in [0.1, 0.15) is 0 Å². The van der Waals surface area contributed by atoms with Crippen LogP contribution in [0, 0.1) is 19.3 Å². The summed E-state index contributed by atoms with van der Waals surface area (Å²) in [5.74, 6) is -0.192. The van der Waals surface area contributed by atoms with Crippen molar-refractivity contribution in [2.75, 3.05) is 18.9 Å². The molecule has 136 valence electrons. The van der Waals surface area contributed by atoms with Crippen LogP contribution in [0.4, 0.5) is 5.69 Å². The molecule has 0 saturated carbocycles. The lowest BCUT2D eigenvalue weighted by Gasteiger charge is -2.34. The monoisotopic (exact) mass is 355 g/mol. The lowest BCUT2D eigenvalue weighted by atomic mass is 9.87. The summed E-state index contributed by atoms with van der Waals surface area (Å²) in [6.45, 7) is 12.3. The highest BCUT2D eigenvalue weighted by Crippen LogP contribution is 2.25. The third kappa shape index (κ3) is 5.29. The summed E-state index contributed by atoms with van der Waals surface area (Å²) < 4.78 is 23.1. The fraction of sp³-hybridized carbons (Fsp3) is 0.588. The maximum atomic E-state index is 12.3. The Morgan fingerprint density at radius 1 is 1.29 bits per heavy atom. The van der Waals surface area contributed by atoms with Crippen molar-refractivity contribution in [1.82, 2.24) is 4.90 Å². The predicted molar refractivity (Wildman–Crippen MR) is 97.5 cm³/mol. The minimum Gasteiger partial charge on any atom is -0.325 e. The van der Waals surface area contributed by atoms with Crippen molar-refractivity contribution in [3.8, 4) is 0 Å². The highest BCUT2D eigenvalue weighted by molar-refractivity contribution is 7.89. The van der Waals surface area contributed by atoms with Crippen molar-refractivity contribution in [2.45, 2.75) is 52.5 Å². The first kappa shape index (κ1) is 20.6. The zero-order valence-electron chi connectivity index (χ0n) is 15.6. The highest BCUT2D eigenvalue weighted by Gasteiger charge is 2.25. The SMILES string of the molecule is Cc1cc(S(N)(=O)=O)cc(NC(=O)CN(C)C(C)C(C)(C)C)c1C. The molecule has 0 bridgehead atoms. The number of nitrogens with one attached hydrogen (secondary N) is 1. The Kier molecular flexibility index (Phi) is 6.19. The van der Waals surface area contributed by atoms with Gasteiger partial charge < -0.3 is 5.32 Å². The van der Waals surface area contributed by atoms with Gasteiger partial charge in [0.2, 0.25) is 15.9 Å². The van der Waals surface area contributed by atoms with E-state index in [1.807, 2.05) is 18.9 Å². The van der Waals surface area contributed by atoms with Crippen molar-refractivity contribution in [3.63, 3.8) is 0 Å². The Morgan fingerprint density at radius 2 is 1.83 bits per heavy atom. The number of sulfonamides is 1. The Hall–Kier alpha value is -1.44. The van der Waals surface area contributed by atoms with E-state index in [1.165, 1.54) is 12.1 Å². The van der Waals surface area contributed by atoms with Crippen LogP contribution in [-0.2, 0) is 14.8 Å². The van der Waals surface area contributed by atoms with Gasteiger partial charge in [-0.05, 0) is 56.5 Å². The predicted octanol–water partition coefficient (Wildman–Crippen LogP) is 2.26. The van der Waals surface area contributed by atoms with Gasteiger partial charge in [0, 0.05) is 11.7 Å². The first-order valence-corrected chi connectivity index (χ1v) is 9.42. The number of hydrogen-bond donors (Lipinski definition) is 2. The first-order chi connectivity index (χ1) is 10.7. The second-order valence-electron chi connectivity index (χ2n) is 7.46. The van der Waals surface area contributed by atoms with Gasteiger partial charge in [0.25, 0.3) is 0 Å². The first-order valence-electron chi connectivity index (χ1n) is 7.87. The summed E-state index contributed by atoms with van der Waals surface area (Å²) in [6, 6.07) is 3.12. The van der Waals surface area contributed by atoms with E-state index in [-0.39, 0.29) is 28.8 Å². The van der Waals surface area contributed by atoms with E-state index in [2.05, 4.69) is 33.0 Å². The Bertz CT molecular complexity index is 721. The summed E-state index contributed by atoms with van der Waals surface area (Å²) >= 11 is 0. The van der Waals surface area contributed by atoms with Crippen molar-refractivity contribution < 1.29 is 13.2 Å². The van der Waals surface area contributed by atoms with Gasteiger partial charge in [-0.2, -0.15) is 0 Å². The Labute approximate surface area is 145 Å². The largest absolute Gasteiger partial charge is 0.325 e. The number of primary sulfonamides is 1. The van der Waals surface area contributed by atoms with Crippen LogP contribution in [0.5, 0.6) is 0 Å². The molecule has 3 N–H and O–H groups in total. The zero-order valence-corrected chi connectivity index (χ0v) is 16.4. The van der Waals surface area contributed by atoms with Crippen LogP contribution in [0.25, 0.3) is 0 Å². The summed E-state index contributed by atoms with van der Waals surface area (Å²) in [7, 11) is -1.92. The molecule has 6 nitrogen and oxygen atoms in total. The normalized spacial score (nSPS) is 13.9. The van der Waals surface area contributed by atoms with E-state index in [9.17, 15) is 13.2 Å². The summed E-state index contributed by atoms with van der Waals surface area (Å²) in [5, 5.41) is 8.00. The number of rotatable bonds is 5. The molecule has 7 heteroatoms. The molecule has 0 aliphatic heterocycles. The number of amides is 1. The molecule has 1 unspecified atom stereocenters. The maximum absolute atomic E-state index is 12.3. The van der Waals surface area contributed by atoms with Crippen LogP contribution >= 0.6 is 0 Å². The smallest absolute Gasteiger partial charge is 0.238 e. The number of aryl methyl sites for hydroxylation is 1. The summed E-state index contributed by atoms with van der Waals surface area (Å²) in [5.41, 5.74) is 2.10. The fourth-order valence-corrected chi connectivity index (χ4v) is 2.96. The van der Waals surface area contributed by atoms with Crippen LogP contribution in [0.15, 0.2) is 17.0 Å². The number of anilines is 1. The van der Waals surface area contributed by atoms with Crippen LogP contribution in [0.3, 0.4) is 0 Å². The molecule has 1 atom stereocenters. The van der Waals surface area contributed by atoms with Crippen LogP contribution in [-0.4, -0.2) is 38.9 Å². The van der Waals surface area contributed by atoms with E-state index in [0.717, 1.165) is 11.1 Å². The summed E-state index contributed by atoms with van der Waals surface area (Å²) in [4.78, 5) is 14.3. The Balaban J connectivity index is 2.97. The molecule has 0 fully saturated rings. The van der Waals surface area contributed by atoms with Crippen molar-refractivity contribution >= 4 is 21.6 Å². The molecule has 0 radical (unpaired) electrons. The van der Waals surface area contributed by atoms with Gasteiger partial charge in [0.05, 0.1) is 11.4 Å². The standard InChI is InChI=1S/C17H29N3O3S/c1-11-8-14(24(18,22)23)9-15(12(11)2)19-16(21)10-20(7)13(3)17(4,5)6/h8-9,13H,10H2,1-7H3,(H,19,21)(H2,18,22,23). The van der Waals surface area contributed by atoms with Gasteiger partial charge in [-0.15, -0.1) is 0 Å². The van der Waals surface area contributed by atoms with Crippen LogP contribution in [0.2, 0.25) is 0 Å². The molecular formula is C17H29N3O3S. The van der Waals surface area contributed by atoms with E-state index >= 15 is 0 Å². The molecule has 0 aromatic heterocycles. The highest BCUT2D eigenvalue weighted by atomic mass is 32.2. The second-order valence-corrected chi connectivity index (χ2v) is 9.02. The number of likely N-dealkylation sites (N-methyl/N-ethyl adjacent to an activating group) is 1. The molecule has 0 spiro atoms. The van der Waals surface area contributed by atoms with Gasteiger partial charge >= 0.3 is 0 Å². The number of nitrogens with two attached hydrogens (primary N) is 1. The Morgan fingerprint density at radius 3 is 2.29 bits per heavy atom. The third-order valence-corrected chi connectivity index (χ3v) is 5.44. The molecule has 1 aromatic rings. The van der Waals surface area contributed by atoms with E-state index in [0.29, 0.717) is 5.69 Å². The molecule has 1 amide bonds. The van der Waals surface area contributed by atoms with Crippen LogP contribution < -0.4 is 10.5 Å². The van der Waals surface area contributed by atoms with Gasteiger partial charge in [0.15, 0.2) is 0 Å². The van der Waals surface area contributed by atoms with E-state index in [1.54, 1.807) is 6.92 Å². The van der Waals surface area contributed by atoms with Crippen molar-refractivity contribution in [1.29, 1.82) is 0 Å². The molecule has 1 rings (SSSR count). The topological polar surface area (TPSA) is 92.5 Å². The minimum atomic E-state index is -3.82. The lowest BCUT2D eigenvalue weighted by Crippen LogP contribution is -2.43. The number of benzene rings is 1. The number of carbonyl (C=O) groups is 1. The molecule has 0 heterocycles. The second kappa shape index (κ2) is 7.21. The third-order valence-electron chi connectivity index (χ3n) is 4.55. The fourth-order valence-electron chi connectivity index (χ4n) is 2.33. The van der Waals surface area contributed by atoms with Crippen molar-refractivity contribution in [2.24, 2.45) is 10.6 Å². The molecule has 1 aromatic carbocycles. The number of carbonyl (C=O) groups excluding carboxylic acids is 1. The van der Waals surface area contributed by atoms with Gasteiger partial charge in [-0.1, -0.05) is 20.8 Å². The zero-order chi connectivity index (χ0) is 18.9. The van der Waals surface area contributed by atoms with Crippen molar-refractivity contribution in [3.05, 3.63) is 23.3 Å². The van der Waals surface area contributed by atoms with E-state index in [4.69, 9.17) is 5.14 Å². The van der Waals surface area contributed by atoms with Gasteiger partial charge in [-0.3, -0.25) is 9.69 Å². The maximum Gasteiger partial charge on any atom is 0.238 e. The average Bonchev–Trinajstić information content (AvgIpc) is 2.40. The number of nitrogens with zero attached hydrogens (tertiary/aromatic N) is 1. The number of hydrogen-bond acceptors (Lipinski definition) is 4. The molecular weight excluding hydrogens is 326 g/mol. The minimum absolute atomic E-state index is 0.00249. The van der Waals surface area contributed by atoms with E-state index < -0.39 is 10.0 Å². The molecule has 24 heavy (non-hydrogen) atoms. The molecule has 0 saturated heterocycles. The summed E-state index contributed by atoms with van der Waals surface area (Å²) in [6.07, 6.45) is 0. The molecule has 0 aliphatic carbocycles. The average molecular weight is 356 g/mol. The molecule has 0 aliphatic rings. The lowest BCUT2D eigenvalue weighted by molar-refractivity contribution is -0.117.